The number of hydrogen-bond donors (Lipinski definition) is 3. The van der Waals surface area contributed by atoms with E-state index in [9.17, 15) is 9.59 Å². The van der Waals surface area contributed by atoms with Gasteiger partial charge in [-0.3, -0.25) is 9.78 Å². The van der Waals surface area contributed by atoms with Crippen LogP contribution in [0, 0.1) is 13.8 Å². The topological polar surface area (TPSA) is 104 Å². The van der Waals surface area contributed by atoms with Gasteiger partial charge in [0.1, 0.15) is 5.00 Å². The van der Waals surface area contributed by atoms with Gasteiger partial charge in [-0.05, 0) is 44.2 Å². The van der Waals surface area contributed by atoms with E-state index in [4.69, 9.17) is 5.11 Å². The van der Waals surface area contributed by atoms with E-state index >= 15 is 0 Å². The number of aromatic nitrogens is 2. The summed E-state index contributed by atoms with van der Waals surface area (Å²) in [6, 6.07) is 9.85. The third-order valence-corrected chi connectivity index (χ3v) is 4.36. The van der Waals surface area contributed by atoms with Gasteiger partial charge >= 0.3 is 5.97 Å². The summed E-state index contributed by atoms with van der Waals surface area (Å²) in [6.45, 7) is 3.64. The number of benzene rings is 1. The van der Waals surface area contributed by atoms with Crippen LogP contribution < -0.4 is 10.6 Å². The Balaban J connectivity index is 1.85. The number of carbonyl (C=O) groups is 2. The molecule has 0 unspecified atom stereocenters. The van der Waals surface area contributed by atoms with Crippen LogP contribution in [0.4, 0.5) is 16.4 Å². The standard InChI is InChI=1S/C18H16N4O3S/c1-10-8-14(6-7-19-10)21-16(23)15-17(26-11(2)20-15)22-13-5-3-4-12(9-13)18(24)25/h3-9,22H,1-2H3,(H,24,25)(H,19,21,23). The molecule has 0 aliphatic heterocycles. The van der Waals surface area contributed by atoms with Crippen molar-refractivity contribution in [2.45, 2.75) is 13.8 Å². The molecule has 3 aromatic rings. The minimum Gasteiger partial charge on any atom is -0.478 e. The van der Waals surface area contributed by atoms with Gasteiger partial charge in [0, 0.05) is 23.3 Å². The van der Waals surface area contributed by atoms with Crippen LogP contribution in [0.25, 0.3) is 0 Å². The van der Waals surface area contributed by atoms with Crippen LogP contribution in [0.5, 0.6) is 0 Å². The Labute approximate surface area is 153 Å². The van der Waals surface area contributed by atoms with E-state index in [0.717, 1.165) is 10.7 Å². The predicted octanol–water partition coefficient (Wildman–Crippen LogP) is 3.85. The second-order valence-electron chi connectivity index (χ2n) is 5.56. The largest absolute Gasteiger partial charge is 0.478 e. The summed E-state index contributed by atoms with van der Waals surface area (Å²) in [5.41, 5.74) is 2.41. The number of amides is 1. The van der Waals surface area contributed by atoms with E-state index in [1.807, 2.05) is 6.92 Å². The van der Waals surface area contributed by atoms with Crippen molar-refractivity contribution in [2.24, 2.45) is 0 Å². The van der Waals surface area contributed by atoms with Crippen molar-refractivity contribution in [3.05, 3.63) is 64.6 Å². The van der Waals surface area contributed by atoms with Crippen molar-refractivity contribution in [3.63, 3.8) is 0 Å². The Morgan fingerprint density at radius 2 is 1.92 bits per heavy atom. The van der Waals surface area contributed by atoms with E-state index in [0.29, 0.717) is 16.4 Å². The van der Waals surface area contributed by atoms with Gasteiger partial charge in [-0.2, -0.15) is 0 Å². The number of anilines is 3. The fraction of sp³-hybridized carbons (Fsp3) is 0.111. The monoisotopic (exact) mass is 368 g/mol. The van der Waals surface area contributed by atoms with Crippen molar-refractivity contribution in [3.8, 4) is 0 Å². The molecule has 8 heteroatoms. The molecular weight excluding hydrogens is 352 g/mol. The number of rotatable bonds is 5. The molecule has 0 radical (unpaired) electrons. The first-order valence-electron chi connectivity index (χ1n) is 7.74. The summed E-state index contributed by atoms with van der Waals surface area (Å²) in [7, 11) is 0. The minimum absolute atomic E-state index is 0.162. The Bertz CT molecular complexity index is 984. The lowest BCUT2D eigenvalue weighted by Gasteiger charge is -2.08. The molecule has 0 saturated heterocycles. The molecule has 0 fully saturated rings. The summed E-state index contributed by atoms with van der Waals surface area (Å²) < 4.78 is 0. The van der Waals surface area contributed by atoms with E-state index in [2.05, 4.69) is 20.6 Å². The molecule has 2 aromatic heterocycles. The second kappa shape index (κ2) is 7.32. The Hall–Kier alpha value is -3.26. The molecule has 0 aliphatic rings. The highest BCUT2D eigenvalue weighted by Crippen LogP contribution is 2.29. The number of carbonyl (C=O) groups excluding carboxylic acids is 1. The molecular formula is C18H16N4O3S. The maximum atomic E-state index is 12.6. The lowest BCUT2D eigenvalue weighted by atomic mass is 10.2. The predicted molar refractivity (Wildman–Crippen MR) is 100 cm³/mol. The SMILES string of the molecule is Cc1cc(NC(=O)c2nc(C)sc2Nc2cccc(C(=O)O)c2)ccn1. The average Bonchev–Trinajstić information content (AvgIpc) is 2.95. The summed E-state index contributed by atoms with van der Waals surface area (Å²) in [5.74, 6) is -1.36. The highest BCUT2D eigenvalue weighted by Gasteiger charge is 2.18. The summed E-state index contributed by atoms with van der Waals surface area (Å²) in [5, 5.41) is 16.3. The van der Waals surface area contributed by atoms with Crippen LogP contribution in [0.1, 0.15) is 31.5 Å². The van der Waals surface area contributed by atoms with Gasteiger partial charge in [0.2, 0.25) is 0 Å². The third-order valence-electron chi connectivity index (χ3n) is 3.47. The van der Waals surface area contributed by atoms with Crippen LogP contribution >= 0.6 is 11.3 Å². The summed E-state index contributed by atoms with van der Waals surface area (Å²) in [6.07, 6.45) is 1.62. The molecule has 2 heterocycles. The number of aryl methyl sites for hydroxylation is 2. The van der Waals surface area contributed by atoms with Crippen LogP contribution in [-0.4, -0.2) is 27.0 Å². The van der Waals surface area contributed by atoms with Gasteiger partial charge in [0.15, 0.2) is 5.69 Å². The maximum Gasteiger partial charge on any atom is 0.335 e. The molecule has 0 aliphatic carbocycles. The van der Waals surface area contributed by atoms with Gasteiger partial charge in [0.05, 0.1) is 10.6 Å². The number of carboxylic acids is 1. The van der Waals surface area contributed by atoms with Gasteiger partial charge in [-0.25, -0.2) is 9.78 Å². The van der Waals surface area contributed by atoms with Crippen LogP contribution in [0.15, 0.2) is 42.6 Å². The number of carboxylic acid groups (broad SMARTS) is 1. The molecule has 1 aromatic carbocycles. The minimum atomic E-state index is -1.01. The van der Waals surface area contributed by atoms with Crippen molar-refractivity contribution in [1.82, 2.24) is 9.97 Å². The lowest BCUT2D eigenvalue weighted by molar-refractivity contribution is 0.0696. The highest BCUT2D eigenvalue weighted by atomic mass is 32.1. The molecule has 0 atom stereocenters. The number of aromatic carboxylic acids is 1. The zero-order valence-corrected chi connectivity index (χ0v) is 14.9. The first kappa shape index (κ1) is 17.6. The first-order valence-corrected chi connectivity index (χ1v) is 8.56. The van der Waals surface area contributed by atoms with Crippen LogP contribution in [0.3, 0.4) is 0 Å². The van der Waals surface area contributed by atoms with Gasteiger partial charge < -0.3 is 15.7 Å². The Morgan fingerprint density at radius 1 is 1.12 bits per heavy atom. The fourth-order valence-electron chi connectivity index (χ4n) is 2.34. The van der Waals surface area contributed by atoms with Crippen LogP contribution in [0.2, 0.25) is 0 Å². The molecule has 1 amide bonds. The molecule has 26 heavy (non-hydrogen) atoms. The molecule has 0 bridgehead atoms. The maximum absolute atomic E-state index is 12.6. The fourth-order valence-corrected chi connectivity index (χ4v) is 3.18. The zero-order valence-electron chi connectivity index (χ0n) is 14.1. The second-order valence-corrected chi connectivity index (χ2v) is 6.76. The van der Waals surface area contributed by atoms with Crippen molar-refractivity contribution >= 4 is 39.6 Å². The van der Waals surface area contributed by atoms with Crippen LogP contribution in [-0.2, 0) is 0 Å². The Kier molecular flexibility index (Phi) is 4.94. The molecule has 0 saturated carbocycles. The van der Waals surface area contributed by atoms with E-state index in [1.54, 1.807) is 37.4 Å². The van der Waals surface area contributed by atoms with Gasteiger partial charge in [0.25, 0.3) is 5.91 Å². The lowest BCUT2D eigenvalue weighted by Crippen LogP contribution is -2.14. The van der Waals surface area contributed by atoms with Crippen molar-refractivity contribution < 1.29 is 14.7 Å². The molecule has 0 spiro atoms. The zero-order chi connectivity index (χ0) is 18.7. The van der Waals surface area contributed by atoms with Gasteiger partial charge in [-0.15, -0.1) is 11.3 Å². The molecule has 3 N–H and O–H groups in total. The summed E-state index contributed by atoms with van der Waals surface area (Å²) >= 11 is 1.32. The van der Waals surface area contributed by atoms with E-state index in [1.165, 1.54) is 23.5 Å². The summed E-state index contributed by atoms with van der Waals surface area (Å²) in [4.78, 5) is 32.1. The molecule has 7 nitrogen and oxygen atoms in total. The van der Waals surface area contributed by atoms with E-state index in [-0.39, 0.29) is 17.2 Å². The van der Waals surface area contributed by atoms with Crippen molar-refractivity contribution in [1.29, 1.82) is 0 Å². The molecule has 3 rings (SSSR count). The first-order chi connectivity index (χ1) is 12.4. The van der Waals surface area contributed by atoms with E-state index < -0.39 is 5.97 Å². The normalized spacial score (nSPS) is 10.4. The van der Waals surface area contributed by atoms with Gasteiger partial charge in [-0.1, -0.05) is 6.07 Å². The number of nitrogens with one attached hydrogen (secondary N) is 2. The number of nitrogens with zero attached hydrogens (tertiary/aromatic N) is 2. The quantitative estimate of drug-likeness (QED) is 0.632. The number of pyridine rings is 1. The number of thiazole rings is 1. The average molecular weight is 368 g/mol. The Morgan fingerprint density at radius 3 is 2.65 bits per heavy atom. The third kappa shape index (κ3) is 4.04. The van der Waals surface area contributed by atoms with Crippen molar-refractivity contribution in [2.75, 3.05) is 10.6 Å². The molecule has 132 valence electrons. The highest BCUT2D eigenvalue weighted by molar-refractivity contribution is 7.16. The number of hydrogen-bond acceptors (Lipinski definition) is 6. The smallest absolute Gasteiger partial charge is 0.335 e.